The fraction of sp³-hybridized carbons (Fsp3) is 0.643. The van der Waals surface area contributed by atoms with Crippen LogP contribution < -0.4 is 11.3 Å². The second-order valence-corrected chi connectivity index (χ2v) is 5.21. The van der Waals surface area contributed by atoms with Gasteiger partial charge < -0.3 is 4.42 Å². The first kappa shape index (κ1) is 14.1. The molecule has 106 valence electrons. The lowest BCUT2D eigenvalue weighted by atomic mass is 10.1. The second kappa shape index (κ2) is 6.73. The van der Waals surface area contributed by atoms with Crippen LogP contribution in [0, 0.1) is 6.92 Å². The molecule has 5 heteroatoms. The number of likely N-dealkylation sites (tertiary alicyclic amines) is 1. The van der Waals surface area contributed by atoms with Crippen molar-refractivity contribution in [3.63, 3.8) is 0 Å². The van der Waals surface area contributed by atoms with Crippen molar-refractivity contribution in [1.29, 1.82) is 0 Å². The Kier molecular flexibility index (Phi) is 4.99. The van der Waals surface area contributed by atoms with Crippen molar-refractivity contribution in [3.8, 4) is 0 Å². The van der Waals surface area contributed by atoms with E-state index in [1.165, 1.54) is 32.1 Å². The van der Waals surface area contributed by atoms with Crippen molar-refractivity contribution in [2.45, 2.75) is 45.6 Å². The fourth-order valence-corrected chi connectivity index (χ4v) is 2.57. The highest BCUT2D eigenvalue weighted by atomic mass is 16.4. The molecule has 5 nitrogen and oxygen atoms in total. The number of nitrogen functional groups attached to an aromatic ring is 1. The summed E-state index contributed by atoms with van der Waals surface area (Å²) >= 11 is 0. The topological polar surface area (TPSA) is 71.5 Å². The Morgan fingerprint density at radius 1 is 1.32 bits per heavy atom. The molecule has 0 atom stereocenters. The van der Waals surface area contributed by atoms with Gasteiger partial charge in [0.2, 0.25) is 0 Å². The van der Waals surface area contributed by atoms with Crippen LogP contribution in [0.2, 0.25) is 0 Å². The van der Waals surface area contributed by atoms with Gasteiger partial charge in [-0.05, 0) is 38.9 Å². The van der Waals surface area contributed by atoms with Crippen LogP contribution in [-0.2, 0) is 6.54 Å². The van der Waals surface area contributed by atoms with Gasteiger partial charge in [0.15, 0.2) is 5.76 Å². The molecule has 2 heterocycles. The van der Waals surface area contributed by atoms with Crippen LogP contribution >= 0.6 is 0 Å². The molecule has 0 radical (unpaired) electrons. The molecule has 2 rings (SSSR count). The molecule has 0 unspecified atom stereocenters. The number of hydrazine groups is 1. The molecule has 0 spiro atoms. The van der Waals surface area contributed by atoms with Crippen LogP contribution in [-0.4, -0.2) is 23.9 Å². The van der Waals surface area contributed by atoms with Crippen LogP contribution in [0.15, 0.2) is 10.5 Å². The van der Waals surface area contributed by atoms with E-state index >= 15 is 0 Å². The molecule has 19 heavy (non-hydrogen) atoms. The van der Waals surface area contributed by atoms with Crippen LogP contribution in [0.3, 0.4) is 0 Å². The van der Waals surface area contributed by atoms with E-state index in [9.17, 15) is 4.79 Å². The molecular formula is C14H23N3O2. The van der Waals surface area contributed by atoms with Crippen molar-refractivity contribution >= 4 is 5.91 Å². The summed E-state index contributed by atoms with van der Waals surface area (Å²) in [7, 11) is 0. The zero-order valence-corrected chi connectivity index (χ0v) is 11.6. The number of nitrogens with two attached hydrogens (primary N) is 1. The summed E-state index contributed by atoms with van der Waals surface area (Å²) in [5.41, 5.74) is 3.18. The number of amides is 1. The minimum Gasteiger partial charge on any atom is -0.456 e. The average Bonchev–Trinajstić information content (AvgIpc) is 2.73. The standard InChI is InChI=1S/C14H23N3O2/c1-11-12(9-13(19-11)14(18)16-15)10-17-7-5-3-2-4-6-8-17/h9H,2-8,10,15H2,1H3,(H,16,18). The zero-order valence-electron chi connectivity index (χ0n) is 11.6. The van der Waals surface area contributed by atoms with E-state index in [-0.39, 0.29) is 5.91 Å². The van der Waals surface area contributed by atoms with Gasteiger partial charge in [0.25, 0.3) is 0 Å². The molecule has 0 saturated carbocycles. The Hall–Kier alpha value is -1.33. The quantitative estimate of drug-likeness (QED) is 0.498. The van der Waals surface area contributed by atoms with E-state index in [2.05, 4.69) is 10.3 Å². The zero-order chi connectivity index (χ0) is 13.7. The second-order valence-electron chi connectivity index (χ2n) is 5.21. The van der Waals surface area contributed by atoms with Crippen LogP contribution in [0.25, 0.3) is 0 Å². The number of rotatable bonds is 3. The maximum atomic E-state index is 11.4. The molecular weight excluding hydrogens is 242 g/mol. The van der Waals surface area contributed by atoms with Crippen molar-refractivity contribution in [1.82, 2.24) is 10.3 Å². The molecule has 1 aromatic rings. The first-order valence-corrected chi connectivity index (χ1v) is 7.03. The minimum absolute atomic E-state index is 0.294. The van der Waals surface area contributed by atoms with Crippen molar-refractivity contribution in [3.05, 3.63) is 23.2 Å². The monoisotopic (exact) mass is 265 g/mol. The van der Waals surface area contributed by atoms with Gasteiger partial charge in [-0.2, -0.15) is 0 Å². The number of aryl methyl sites for hydroxylation is 1. The summed E-state index contributed by atoms with van der Waals surface area (Å²) in [5.74, 6) is 5.84. The fourth-order valence-electron chi connectivity index (χ4n) is 2.57. The number of nitrogens with one attached hydrogen (secondary N) is 1. The van der Waals surface area contributed by atoms with E-state index in [4.69, 9.17) is 10.3 Å². The van der Waals surface area contributed by atoms with Crippen molar-refractivity contribution in [2.75, 3.05) is 13.1 Å². The molecule has 1 aromatic heterocycles. The number of nitrogens with zero attached hydrogens (tertiary/aromatic N) is 1. The number of carbonyl (C=O) groups is 1. The van der Waals surface area contributed by atoms with Gasteiger partial charge in [-0.1, -0.05) is 19.3 Å². The molecule has 1 amide bonds. The summed E-state index contributed by atoms with van der Waals surface area (Å²) in [6.07, 6.45) is 6.52. The van der Waals surface area contributed by atoms with Gasteiger partial charge in [-0.15, -0.1) is 0 Å². The Morgan fingerprint density at radius 3 is 2.58 bits per heavy atom. The maximum absolute atomic E-state index is 11.4. The Morgan fingerprint density at radius 2 is 1.95 bits per heavy atom. The Bertz CT molecular complexity index is 420. The molecule has 0 aromatic carbocycles. The first-order chi connectivity index (χ1) is 9.20. The third kappa shape index (κ3) is 3.81. The minimum atomic E-state index is -0.373. The van der Waals surface area contributed by atoms with E-state index in [1.54, 1.807) is 6.07 Å². The smallest absolute Gasteiger partial charge is 0.300 e. The predicted molar refractivity (Wildman–Crippen MR) is 73.5 cm³/mol. The van der Waals surface area contributed by atoms with E-state index in [0.29, 0.717) is 5.76 Å². The average molecular weight is 265 g/mol. The summed E-state index contributed by atoms with van der Waals surface area (Å²) < 4.78 is 5.45. The highest BCUT2D eigenvalue weighted by Crippen LogP contribution is 2.19. The summed E-state index contributed by atoms with van der Waals surface area (Å²) in [4.78, 5) is 13.9. The number of hydrogen-bond donors (Lipinski definition) is 2. The normalized spacial score (nSPS) is 17.8. The molecule has 0 aliphatic carbocycles. The lowest BCUT2D eigenvalue weighted by Gasteiger charge is -2.24. The van der Waals surface area contributed by atoms with Gasteiger partial charge >= 0.3 is 5.91 Å². The SMILES string of the molecule is Cc1oc(C(=O)NN)cc1CN1CCCCCCC1. The third-order valence-corrected chi connectivity index (χ3v) is 3.72. The van der Waals surface area contributed by atoms with Gasteiger partial charge in [0, 0.05) is 12.1 Å². The molecule has 1 aliphatic rings. The van der Waals surface area contributed by atoms with Crippen LogP contribution in [0.1, 0.15) is 54.0 Å². The van der Waals surface area contributed by atoms with E-state index in [0.717, 1.165) is 31.0 Å². The molecule has 1 fully saturated rings. The van der Waals surface area contributed by atoms with Gasteiger partial charge in [-0.25, -0.2) is 5.84 Å². The van der Waals surface area contributed by atoms with E-state index in [1.807, 2.05) is 6.92 Å². The summed E-state index contributed by atoms with van der Waals surface area (Å²) in [5, 5.41) is 0. The Balaban J connectivity index is 2.00. The van der Waals surface area contributed by atoms with Crippen LogP contribution in [0.5, 0.6) is 0 Å². The van der Waals surface area contributed by atoms with Crippen molar-refractivity contribution < 1.29 is 9.21 Å². The number of hydrogen-bond acceptors (Lipinski definition) is 4. The van der Waals surface area contributed by atoms with Gasteiger partial charge in [-0.3, -0.25) is 15.1 Å². The largest absolute Gasteiger partial charge is 0.456 e. The maximum Gasteiger partial charge on any atom is 0.300 e. The number of furan rings is 1. The summed E-state index contributed by atoms with van der Waals surface area (Å²) in [6, 6.07) is 1.80. The third-order valence-electron chi connectivity index (χ3n) is 3.72. The lowest BCUT2D eigenvalue weighted by Crippen LogP contribution is -2.29. The predicted octanol–water partition coefficient (Wildman–Crippen LogP) is 1.96. The number of carbonyl (C=O) groups excluding carboxylic acids is 1. The Labute approximate surface area is 114 Å². The molecule has 1 saturated heterocycles. The highest BCUT2D eigenvalue weighted by molar-refractivity contribution is 5.91. The van der Waals surface area contributed by atoms with Gasteiger partial charge in [0.1, 0.15) is 5.76 Å². The summed E-state index contributed by atoms with van der Waals surface area (Å²) in [6.45, 7) is 5.01. The van der Waals surface area contributed by atoms with Crippen LogP contribution in [0.4, 0.5) is 0 Å². The molecule has 1 aliphatic heterocycles. The van der Waals surface area contributed by atoms with E-state index < -0.39 is 0 Å². The molecule has 0 bridgehead atoms. The van der Waals surface area contributed by atoms with Crippen molar-refractivity contribution in [2.24, 2.45) is 5.84 Å². The highest BCUT2D eigenvalue weighted by Gasteiger charge is 2.16. The molecule has 3 N–H and O–H groups in total. The first-order valence-electron chi connectivity index (χ1n) is 7.03. The lowest BCUT2D eigenvalue weighted by molar-refractivity contribution is 0.0924. The van der Waals surface area contributed by atoms with Gasteiger partial charge in [0.05, 0.1) is 0 Å².